The summed E-state index contributed by atoms with van der Waals surface area (Å²) in [5, 5.41) is 1.30. The number of halogens is 2. The predicted octanol–water partition coefficient (Wildman–Crippen LogP) is 3.31. The average molecular weight is 304 g/mol. The van der Waals surface area contributed by atoms with Crippen molar-refractivity contribution in [3.63, 3.8) is 0 Å². The van der Waals surface area contributed by atoms with Crippen LogP contribution in [-0.4, -0.2) is 29.6 Å². The number of amides is 1. The fourth-order valence-corrected chi connectivity index (χ4v) is 2.92. The molecule has 1 aliphatic rings. The summed E-state index contributed by atoms with van der Waals surface area (Å²) >= 11 is 16.2. The van der Waals surface area contributed by atoms with Gasteiger partial charge in [-0.05, 0) is 35.8 Å². The van der Waals surface area contributed by atoms with Gasteiger partial charge in [0.15, 0.2) is 0 Å². The molecule has 0 N–H and O–H groups in total. The second-order valence-corrected chi connectivity index (χ2v) is 5.79. The smallest absolute Gasteiger partial charge is 0.222 e. The van der Waals surface area contributed by atoms with Crippen LogP contribution in [0.15, 0.2) is 18.2 Å². The second kappa shape index (κ2) is 6.18. The zero-order valence-corrected chi connectivity index (χ0v) is 12.3. The molecule has 1 heterocycles. The molecule has 1 aliphatic heterocycles. The first-order valence-corrected chi connectivity index (χ1v) is 7.31. The van der Waals surface area contributed by atoms with Gasteiger partial charge >= 0.3 is 0 Å². The minimum atomic E-state index is 0.221. The van der Waals surface area contributed by atoms with Gasteiger partial charge in [-0.3, -0.25) is 4.79 Å². The van der Waals surface area contributed by atoms with Crippen LogP contribution in [0, 0.1) is 5.92 Å². The Kier molecular flexibility index (Phi) is 4.82. The first-order valence-electron chi connectivity index (χ1n) is 5.92. The van der Waals surface area contributed by atoms with Gasteiger partial charge in [-0.25, -0.2) is 0 Å². The Labute approximate surface area is 123 Å². The molecule has 1 saturated heterocycles. The molecule has 2 rings (SSSR count). The highest BCUT2D eigenvalue weighted by Gasteiger charge is 2.28. The summed E-state index contributed by atoms with van der Waals surface area (Å²) < 4.78 is 0. The minimum Gasteiger partial charge on any atom is -0.342 e. The average Bonchev–Trinajstić information content (AvgIpc) is 2.69. The van der Waals surface area contributed by atoms with E-state index in [9.17, 15) is 4.79 Å². The van der Waals surface area contributed by atoms with Crippen molar-refractivity contribution in [3.05, 3.63) is 33.8 Å². The van der Waals surface area contributed by atoms with Crippen LogP contribution in [0.2, 0.25) is 10.0 Å². The highest BCUT2D eigenvalue weighted by molar-refractivity contribution is 7.80. The zero-order chi connectivity index (χ0) is 13.1. The van der Waals surface area contributed by atoms with Crippen molar-refractivity contribution >= 4 is 41.7 Å². The molecule has 1 unspecified atom stereocenters. The van der Waals surface area contributed by atoms with E-state index in [1.165, 1.54) is 0 Å². The van der Waals surface area contributed by atoms with Gasteiger partial charge in [0.25, 0.3) is 0 Å². The largest absolute Gasteiger partial charge is 0.342 e. The normalized spacial score (nSPS) is 19.6. The molecule has 1 fully saturated rings. The summed E-state index contributed by atoms with van der Waals surface area (Å²) in [5.74, 6) is 1.38. The standard InChI is InChI=1S/C13H15Cl2NOS/c14-11-2-1-10(12(15)6-11)3-4-16-7-9(8-18)5-13(16)17/h1-2,6,9,18H,3-5,7-8H2. The molecule has 18 heavy (non-hydrogen) atoms. The molecule has 0 saturated carbocycles. The number of hydrogen-bond acceptors (Lipinski definition) is 2. The van der Waals surface area contributed by atoms with Gasteiger partial charge in [-0.1, -0.05) is 29.3 Å². The van der Waals surface area contributed by atoms with Crippen LogP contribution in [0.1, 0.15) is 12.0 Å². The quantitative estimate of drug-likeness (QED) is 0.846. The lowest BCUT2D eigenvalue weighted by molar-refractivity contribution is -0.127. The third kappa shape index (κ3) is 3.34. The Balaban J connectivity index is 1.94. The van der Waals surface area contributed by atoms with E-state index in [1.54, 1.807) is 6.07 Å². The fourth-order valence-electron chi connectivity index (χ4n) is 2.17. The van der Waals surface area contributed by atoms with Crippen molar-refractivity contribution in [2.75, 3.05) is 18.8 Å². The van der Waals surface area contributed by atoms with Gasteiger partial charge in [-0.2, -0.15) is 12.6 Å². The summed E-state index contributed by atoms with van der Waals surface area (Å²) in [4.78, 5) is 13.6. The summed E-state index contributed by atoms with van der Waals surface area (Å²) in [6, 6.07) is 5.48. The topological polar surface area (TPSA) is 20.3 Å². The Hall–Kier alpha value is -0.380. The molecular weight excluding hydrogens is 289 g/mol. The number of carbonyl (C=O) groups excluding carboxylic acids is 1. The van der Waals surface area contributed by atoms with E-state index in [-0.39, 0.29) is 5.91 Å². The molecule has 2 nitrogen and oxygen atoms in total. The van der Waals surface area contributed by atoms with Crippen molar-refractivity contribution in [1.29, 1.82) is 0 Å². The van der Waals surface area contributed by atoms with E-state index in [0.717, 1.165) is 24.3 Å². The Morgan fingerprint density at radius 3 is 2.78 bits per heavy atom. The maximum absolute atomic E-state index is 11.7. The Bertz CT molecular complexity index is 453. The van der Waals surface area contributed by atoms with Gasteiger partial charge < -0.3 is 4.90 Å². The maximum atomic E-state index is 11.7. The highest BCUT2D eigenvalue weighted by Crippen LogP contribution is 2.23. The van der Waals surface area contributed by atoms with E-state index in [1.807, 2.05) is 17.0 Å². The van der Waals surface area contributed by atoms with Crippen molar-refractivity contribution in [1.82, 2.24) is 4.90 Å². The summed E-state index contributed by atoms with van der Waals surface area (Å²) in [7, 11) is 0. The molecule has 0 spiro atoms. The van der Waals surface area contributed by atoms with Gasteiger partial charge in [0, 0.05) is 29.6 Å². The van der Waals surface area contributed by atoms with E-state index in [0.29, 0.717) is 28.9 Å². The fraction of sp³-hybridized carbons (Fsp3) is 0.462. The molecule has 0 aliphatic carbocycles. The Morgan fingerprint density at radius 1 is 1.39 bits per heavy atom. The van der Waals surface area contributed by atoms with E-state index in [4.69, 9.17) is 23.2 Å². The van der Waals surface area contributed by atoms with Crippen LogP contribution >= 0.6 is 35.8 Å². The van der Waals surface area contributed by atoms with Crippen molar-refractivity contribution in [2.24, 2.45) is 5.92 Å². The minimum absolute atomic E-state index is 0.221. The monoisotopic (exact) mass is 303 g/mol. The molecule has 0 radical (unpaired) electrons. The van der Waals surface area contributed by atoms with Crippen LogP contribution in [0.5, 0.6) is 0 Å². The third-order valence-corrected chi connectivity index (χ3v) is 4.32. The molecule has 0 bridgehead atoms. The second-order valence-electron chi connectivity index (χ2n) is 4.58. The number of benzene rings is 1. The van der Waals surface area contributed by atoms with Crippen LogP contribution in [0.3, 0.4) is 0 Å². The lowest BCUT2D eigenvalue weighted by atomic mass is 10.1. The van der Waals surface area contributed by atoms with Crippen molar-refractivity contribution in [3.8, 4) is 0 Å². The Morgan fingerprint density at radius 2 is 2.17 bits per heavy atom. The van der Waals surface area contributed by atoms with E-state index in [2.05, 4.69) is 12.6 Å². The number of carbonyl (C=O) groups is 1. The van der Waals surface area contributed by atoms with Gasteiger partial charge in [0.05, 0.1) is 0 Å². The van der Waals surface area contributed by atoms with Crippen LogP contribution in [0.25, 0.3) is 0 Å². The van der Waals surface area contributed by atoms with Crippen LogP contribution in [-0.2, 0) is 11.2 Å². The molecule has 1 atom stereocenters. The number of nitrogens with zero attached hydrogens (tertiary/aromatic N) is 1. The van der Waals surface area contributed by atoms with Gasteiger partial charge in [-0.15, -0.1) is 0 Å². The first kappa shape index (κ1) is 14.0. The number of hydrogen-bond donors (Lipinski definition) is 1. The highest BCUT2D eigenvalue weighted by atomic mass is 35.5. The molecular formula is C13H15Cl2NOS. The molecule has 98 valence electrons. The predicted molar refractivity (Wildman–Crippen MR) is 78.7 cm³/mol. The summed E-state index contributed by atoms with van der Waals surface area (Å²) in [6.07, 6.45) is 1.39. The number of thiol groups is 1. The van der Waals surface area contributed by atoms with Gasteiger partial charge in [0.1, 0.15) is 0 Å². The molecule has 1 amide bonds. The molecule has 0 aromatic heterocycles. The molecule has 5 heteroatoms. The van der Waals surface area contributed by atoms with Crippen LogP contribution in [0.4, 0.5) is 0 Å². The third-order valence-electron chi connectivity index (χ3n) is 3.22. The lowest BCUT2D eigenvalue weighted by Crippen LogP contribution is -2.27. The van der Waals surface area contributed by atoms with Crippen molar-refractivity contribution in [2.45, 2.75) is 12.8 Å². The first-order chi connectivity index (χ1) is 8.60. The van der Waals surface area contributed by atoms with E-state index < -0.39 is 0 Å². The SMILES string of the molecule is O=C1CC(CS)CN1CCc1ccc(Cl)cc1Cl. The summed E-state index contributed by atoms with van der Waals surface area (Å²) in [6.45, 7) is 1.53. The number of rotatable bonds is 4. The summed E-state index contributed by atoms with van der Waals surface area (Å²) in [5.41, 5.74) is 1.03. The van der Waals surface area contributed by atoms with Crippen LogP contribution < -0.4 is 0 Å². The van der Waals surface area contributed by atoms with E-state index >= 15 is 0 Å². The molecule has 1 aromatic carbocycles. The lowest BCUT2D eigenvalue weighted by Gasteiger charge is -2.16. The maximum Gasteiger partial charge on any atom is 0.222 e. The number of likely N-dealkylation sites (tertiary alicyclic amines) is 1. The van der Waals surface area contributed by atoms with Crippen molar-refractivity contribution < 1.29 is 4.79 Å². The van der Waals surface area contributed by atoms with Gasteiger partial charge in [0.2, 0.25) is 5.91 Å². The zero-order valence-electron chi connectivity index (χ0n) is 9.90. The molecule has 1 aromatic rings.